The van der Waals surface area contributed by atoms with Crippen molar-refractivity contribution in [3.05, 3.63) is 153 Å². The molecule has 1 aromatic heterocycles. The molecule has 0 aliphatic rings. The molecule has 5 rings (SSSR count). The highest BCUT2D eigenvalue weighted by atomic mass is 35.5. The summed E-state index contributed by atoms with van der Waals surface area (Å²) in [7, 11) is 0. The minimum atomic E-state index is -0.578. The molecule has 6 nitrogen and oxygen atoms in total. The fourth-order valence-electron chi connectivity index (χ4n) is 4.12. The molecule has 0 saturated carbocycles. The summed E-state index contributed by atoms with van der Waals surface area (Å²) in [6.07, 6.45) is 1.64. The topological polar surface area (TPSA) is 87.3 Å². The summed E-state index contributed by atoms with van der Waals surface area (Å²) < 4.78 is 0. The van der Waals surface area contributed by atoms with Crippen molar-refractivity contribution in [1.29, 1.82) is 0 Å². The first-order valence-electron chi connectivity index (χ1n) is 13.2. The van der Waals surface area contributed by atoms with E-state index in [2.05, 4.69) is 16.0 Å². The molecule has 0 saturated heterocycles. The Balaban J connectivity index is 1.35. The Morgan fingerprint density at radius 3 is 2.16 bits per heavy atom. The molecule has 9 heteroatoms. The van der Waals surface area contributed by atoms with Crippen LogP contribution in [0.3, 0.4) is 0 Å². The summed E-state index contributed by atoms with van der Waals surface area (Å²) in [6, 6.07) is 34.3. The van der Waals surface area contributed by atoms with Crippen LogP contribution >= 0.6 is 34.7 Å². The first kappa shape index (κ1) is 29.8. The van der Waals surface area contributed by atoms with Gasteiger partial charge in [-0.3, -0.25) is 14.4 Å². The number of nitrogens with one attached hydrogen (secondary N) is 3. The summed E-state index contributed by atoms with van der Waals surface area (Å²) in [5.41, 5.74) is 3.28. The fourth-order valence-corrected chi connectivity index (χ4v) is 6.01. The van der Waals surface area contributed by atoms with Gasteiger partial charge in [0.25, 0.3) is 11.8 Å². The lowest BCUT2D eigenvalue weighted by Crippen LogP contribution is -2.30. The molecule has 0 aliphatic heterocycles. The van der Waals surface area contributed by atoms with Crippen LogP contribution in [0.1, 0.15) is 26.7 Å². The predicted molar refractivity (Wildman–Crippen MR) is 176 cm³/mol. The number of carbonyl (C=O) groups is 3. The predicted octanol–water partition coefficient (Wildman–Crippen LogP) is 8.28. The van der Waals surface area contributed by atoms with E-state index in [4.69, 9.17) is 11.6 Å². The minimum Gasteiger partial charge on any atom is -0.325 e. The average molecular weight is 624 g/mol. The van der Waals surface area contributed by atoms with Crippen LogP contribution in [0.25, 0.3) is 6.08 Å². The number of benzene rings is 4. The van der Waals surface area contributed by atoms with Crippen LogP contribution in [-0.2, 0) is 9.59 Å². The number of hydrogen-bond donors (Lipinski definition) is 3. The van der Waals surface area contributed by atoms with E-state index in [9.17, 15) is 14.4 Å². The van der Waals surface area contributed by atoms with E-state index >= 15 is 0 Å². The van der Waals surface area contributed by atoms with E-state index in [0.29, 0.717) is 22.0 Å². The van der Waals surface area contributed by atoms with Gasteiger partial charge in [0, 0.05) is 26.9 Å². The average Bonchev–Trinajstić information content (AvgIpc) is 3.54. The van der Waals surface area contributed by atoms with E-state index in [-0.39, 0.29) is 11.6 Å². The highest BCUT2D eigenvalue weighted by Crippen LogP contribution is 2.37. The Bertz CT molecular complexity index is 1740. The Morgan fingerprint density at radius 1 is 0.767 bits per heavy atom. The second kappa shape index (κ2) is 14.5. The van der Waals surface area contributed by atoms with Gasteiger partial charge in [-0.25, -0.2) is 0 Å². The highest BCUT2D eigenvalue weighted by Gasteiger charge is 2.23. The van der Waals surface area contributed by atoms with Crippen molar-refractivity contribution in [2.45, 2.75) is 10.1 Å². The Labute approximate surface area is 262 Å². The van der Waals surface area contributed by atoms with Crippen LogP contribution in [-0.4, -0.2) is 17.7 Å². The molecule has 214 valence electrons. The zero-order valence-corrected chi connectivity index (χ0v) is 25.1. The van der Waals surface area contributed by atoms with E-state index in [1.807, 2.05) is 59.3 Å². The van der Waals surface area contributed by atoms with Gasteiger partial charge in [0.15, 0.2) is 0 Å². The number of thioether (sulfide) groups is 1. The number of anilines is 2. The first-order valence-corrected chi connectivity index (χ1v) is 15.4. The summed E-state index contributed by atoms with van der Waals surface area (Å²) in [4.78, 5) is 40.5. The van der Waals surface area contributed by atoms with Crippen LogP contribution in [0.4, 0.5) is 11.4 Å². The maximum atomic E-state index is 13.5. The lowest BCUT2D eigenvalue weighted by atomic mass is 10.1. The minimum absolute atomic E-state index is 0.105. The van der Waals surface area contributed by atoms with Gasteiger partial charge in [-0.2, -0.15) is 11.3 Å². The van der Waals surface area contributed by atoms with Crippen LogP contribution in [0, 0.1) is 0 Å². The van der Waals surface area contributed by atoms with Crippen molar-refractivity contribution >= 4 is 69.9 Å². The number of rotatable bonds is 10. The van der Waals surface area contributed by atoms with Gasteiger partial charge in [0.1, 0.15) is 10.9 Å². The molecule has 1 atom stereocenters. The van der Waals surface area contributed by atoms with Crippen molar-refractivity contribution in [1.82, 2.24) is 5.32 Å². The maximum Gasteiger partial charge on any atom is 0.272 e. The third-order valence-electron chi connectivity index (χ3n) is 6.16. The Morgan fingerprint density at radius 2 is 1.47 bits per heavy atom. The second-order valence-corrected chi connectivity index (χ2v) is 11.7. The molecule has 3 amide bonds. The fraction of sp³-hybridized carbons (Fsp3) is 0.0294. The zero-order valence-electron chi connectivity index (χ0n) is 22.7. The number of amides is 3. The highest BCUT2D eigenvalue weighted by molar-refractivity contribution is 8.00. The molecule has 4 aromatic carbocycles. The maximum absolute atomic E-state index is 13.5. The second-order valence-electron chi connectivity index (χ2n) is 9.32. The molecule has 43 heavy (non-hydrogen) atoms. The van der Waals surface area contributed by atoms with Crippen molar-refractivity contribution in [2.24, 2.45) is 0 Å². The molecular weight excluding hydrogens is 598 g/mol. The van der Waals surface area contributed by atoms with E-state index in [1.165, 1.54) is 23.1 Å². The lowest BCUT2D eigenvalue weighted by molar-refractivity contribution is -0.116. The number of halogens is 1. The Kier molecular flexibility index (Phi) is 10.1. The van der Waals surface area contributed by atoms with Crippen molar-refractivity contribution in [3.8, 4) is 0 Å². The summed E-state index contributed by atoms with van der Waals surface area (Å²) >= 11 is 8.96. The number of thiophene rings is 1. The number of carbonyl (C=O) groups excluding carboxylic acids is 3. The third-order valence-corrected chi connectivity index (χ3v) is 8.35. The molecular formula is C34H26ClN3O3S2. The van der Waals surface area contributed by atoms with Gasteiger partial charge in [-0.1, -0.05) is 72.3 Å². The monoisotopic (exact) mass is 623 g/mol. The van der Waals surface area contributed by atoms with Crippen LogP contribution in [0.2, 0.25) is 5.02 Å². The molecule has 0 fully saturated rings. The SMILES string of the molecule is O=C(Nc1cccc(SC(C(=O)Nc2cccc(Cl)c2)c2ccccc2)c1)/C(=C/c1ccsc1)NC(=O)c1ccccc1. The first-order chi connectivity index (χ1) is 20.9. The van der Waals surface area contributed by atoms with Gasteiger partial charge in [0.2, 0.25) is 5.91 Å². The lowest BCUT2D eigenvalue weighted by Gasteiger charge is -2.18. The molecule has 0 aliphatic carbocycles. The van der Waals surface area contributed by atoms with Crippen molar-refractivity contribution < 1.29 is 14.4 Å². The quantitative estimate of drug-likeness (QED) is 0.108. The summed E-state index contributed by atoms with van der Waals surface area (Å²) in [5, 5.41) is 12.3. The smallest absolute Gasteiger partial charge is 0.272 e. The standard InChI is InChI=1S/C34H26ClN3O3S2/c35-26-13-7-14-27(20-26)37-34(41)31(24-9-3-1-4-10-24)43-29-16-8-15-28(21-29)36-33(40)30(19-23-17-18-42-22-23)38-32(39)25-11-5-2-6-12-25/h1-22,31H,(H,36,40)(H,37,41)(H,38,39)/b30-19-. The van der Waals surface area contributed by atoms with Gasteiger partial charge in [0.05, 0.1) is 0 Å². The van der Waals surface area contributed by atoms with Gasteiger partial charge < -0.3 is 16.0 Å². The summed E-state index contributed by atoms with van der Waals surface area (Å²) in [5.74, 6) is -1.08. The normalized spacial score (nSPS) is 11.8. The largest absolute Gasteiger partial charge is 0.325 e. The van der Waals surface area contributed by atoms with Crippen LogP contribution < -0.4 is 16.0 Å². The molecule has 0 spiro atoms. The molecule has 1 heterocycles. The molecule has 3 N–H and O–H groups in total. The zero-order chi connectivity index (χ0) is 30.0. The van der Waals surface area contributed by atoms with E-state index in [1.54, 1.807) is 72.8 Å². The van der Waals surface area contributed by atoms with Gasteiger partial charge in [-0.05, 0) is 82.6 Å². The van der Waals surface area contributed by atoms with Gasteiger partial charge in [-0.15, -0.1) is 11.8 Å². The van der Waals surface area contributed by atoms with Crippen molar-refractivity contribution in [3.63, 3.8) is 0 Å². The number of hydrogen-bond acceptors (Lipinski definition) is 5. The van der Waals surface area contributed by atoms with Crippen LogP contribution in [0.15, 0.2) is 137 Å². The summed E-state index contributed by atoms with van der Waals surface area (Å²) in [6.45, 7) is 0. The molecule has 1 unspecified atom stereocenters. The molecule has 5 aromatic rings. The Hall–Kier alpha value is -4.63. The molecule has 0 radical (unpaired) electrons. The van der Waals surface area contributed by atoms with Gasteiger partial charge >= 0.3 is 0 Å². The van der Waals surface area contributed by atoms with E-state index < -0.39 is 17.1 Å². The van der Waals surface area contributed by atoms with E-state index in [0.717, 1.165) is 16.0 Å². The van der Waals surface area contributed by atoms with Crippen LogP contribution in [0.5, 0.6) is 0 Å². The third kappa shape index (κ3) is 8.45. The molecule has 0 bridgehead atoms. The van der Waals surface area contributed by atoms with Crippen molar-refractivity contribution in [2.75, 3.05) is 10.6 Å².